The summed E-state index contributed by atoms with van der Waals surface area (Å²) in [4.78, 5) is 26.1. The Balaban J connectivity index is 1.77. The van der Waals surface area contributed by atoms with Crippen molar-refractivity contribution in [3.05, 3.63) is 70.8 Å². The standard InChI is InChI=1S/C26H28N4O4S/c1-17-7-10-20(11-8-17)35(33,34)30-15-14-29-26(32)24(30)23(25(28)31)22-6-2-5-19-16-18(4-3-13-27)9-12-21(19)22/h3-4,7-12,16,22-24H,2,5-6,14-15H2,1H3,(H2,28,31)(H,29,32)/b4-3+/t22-,23?,24+/m0/s1. The third-order valence-corrected chi connectivity index (χ3v) is 8.71. The second-order valence-electron chi connectivity index (χ2n) is 9.01. The second-order valence-corrected chi connectivity index (χ2v) is 10.9. The number of allylic oxidation sites excluding steroid dienone is 1. The average Bonchev–Trinajstić information content (AvgIpc) is 2.83. The lowest BCUT2D eigenvalue weighted by molar-refractivity contribution is -0.135. The Labute approximate surface area is 205 Å². The van der Waals surface area contributed by atoms with E-state index in [2.05, 4.69) is 5.32 Å². The van der Waals surface area contributed by atoms with Gasteiger partial charge in [-0.15, -0.1) is 0 Å². The molecule has 0 spiro atoms. The monoisotopic (exact) mass is 492 g/mol. The zero-order chi connectivity index (χ0) is 25.2. The normalized spacial score (nSPS) is 21.7. The number of nitrogens with two attached hydrogens (primary N) is 1. The first kappa shape index (κ1) is 24.6. The SMILES string of the molecule is Cc1ccc(S(=O)(=O)N2CCNC(=O)[C@H]2C(C(N)=O)[C@H]2CCCc3cc(/C=C/C#N)ccc32)cc1. The molecular weight excluding hydrogens is 464 g/mol. The van der Waals surface area contributed by atoms with E-state index in [1.54, 1.807) is 18.2 Å². The Morgan fingerprint density at radius 1 is 1.26 bits per heavy atom. The van der Waals surface area contributed by atoms with Crippen LogP contribution < -0.4 is 11.1 Å². The van der Waals surface area contributed by atoms with Crippen LogP contribution in [-0.4, -0.2) is 43.7 Å². The minimum absolute atomic E-state index is 0.0495. The second kappa shape index (κ2) is 10.0. The van der Waals surface area contributed by atoms with E-state index < -0.39 is 39.7 Å². The molecule has 0 aromatic heterocycles. The number of nitrogens with zero attached hydrogens (tertiary/aromatic N) is 2. The third-order valence-electron chi connectivity index (χ3n) is 6.82. The first-order valence-corrected chi connectivity index (χ1v) is 13.0. The van der Waals surface area contributed by atoms with E-state index in [4.69, 9.17) is 11.0 Å². The van der Waals surface area contributed by atoms with Crippen molar-refractivity contribution < 1.29 is 18.0 Å². The topological polar surface area (TPSA) is 133 Å². The van der Waals surface area contributed by atoms with Crippen LogP contribution in [0.1, 0.15) is 41.0 Å². The third kappa shape index (κ3) is 4.85. The van der Waals surface area contributed by atoms with Crippen LogP contribution >= 0.6 is 0 Å². The number of sulfonamides is 1. The molecule has 0 radical (unpaired) electrons. The Bertz CT molecular complexity index is 1310. The predicted molar refractivity (Wildman–Crippen MR) is 131 cm³/mol. The molecule has 1 aliphatic heterocycles. The Kier molecular flexibility index (Phi) is 7.05. The number of hydrogen-bond donors (Lipinski definition) is 2. The minimum atomic E-state index is -4.05. The van der Waals surface area contributed by atoms with Gasteiger partial charge in [-0.25, -0.2) is 8.42 Å². The van der Waals surface area contributed by atoms with Crippen LogP contribution in [0.4, 0.5) is 0 Å². The van der Waals surface area contributed by atoms with Crippen LogP contribution in [0.15, 0.2) is 53.4 Å². The van der Waals surface area contributed by atoms with Crippen molar-refractivity contribution >= 4 is 27.9 Å². The van der Waals surface area contributed by atoms with Gasteiger partial charge in [0, 0.05) is 19.2 Å². The maximum Gasteiger partial charge on any atom is 0.243 e. The highest BCUT2D eigenvalue weighted by Gasteiger charge is 2.48. The molecule has 1 heterocycles. The van der Waals surface area contributed by atoms with E-state index in [0.29, 0.717) is 6.42 Å². The Morgan fingerprint density at radius 3 is 2.69 bits per heavy atom. The van der Waals surface area contributed by atoms with Crippen molar-refractivity contribution in [2.24, 2.45) is 11.7 Å². The number of fused-ring (bicyclic) bond motifs is 1. The molecule has 3 atom stereocenters. The van der Waals surface area contributed by atoms with E-state index in [9.17, 15) is 18.0 Å². The molecule has 0 saturated carbocycles. The number of hydrogen-bond acceptors (Lipinski definition) is 5. The lowest BCUT2D eigenvalue weighted by Gasteiger charge is -2.41. The predicted octanol–water partition coefficient (Wildman–Crippen LogP) is 2.24. The summed E-state index contributed by atoms with van der Waals surface area (Å²) in [5.41, 5.74) is 9.56. The van der Waals surface area contributed by atoms with Gasteiger partial charge in [0.05, 0.1) is 16.9 Å². The fourth-order valence-electron chi connectivity index (χ4n) is 5.18. The van der Waals surface area contributed by atoms with Crippen molar-refractivity contribution in [1.29, 1.82) is 5.26 Å². The first-order chi connectivity index (χ1) is 16.7. The summed E-state index contributed by atoms with van der Waals surface area (Å²) >= 11 is 0. The van der Waals surface area contributed by atoms with Gasteiger partial charge >= 0.3 is 0 Å². The van der Waals surface area contributed by atoms with Gasteiger partial charge in [0.1, 0.15) is 6.04 Å². The summed E-state index contributed by atoms with van der Waals surface area (Å²) in [7, 11) is -4.05. The van der Waals surface area contributed by atoms with Crippen LogP contribution in [0.2, 0.25) is 0 Å². The number of nitriles is 1. The molecule has 3 N–H and O–H groups in total. The van der Waals surface area contributed by atoms with E-state index in [-0.39, 0.29) is 18.0 Å². The Morgan fingerprint density at radius 2 is 2.00 bits per heavy atom. The van der Waals surface area contributed by atoms with Crippen LogP contribution in [0, 0.1) is 24.2 Å². The summed E-state index contributed by atoms with van der Waals surface area (Å²) in [6, 6.07) is 12.9. The molecule has 2 aromatic carbocycles. The van der Waals surface area contributed by atoms with Crippen LogP contribution in [-0.2, 0) is 26.0 Å². The van der Waals surface area contributed by atoms with Gasteiger partial charge < -0.3 is 11.1 Å². The maximum atomic E-state index is 13.6. The van der Waals surface area contributed by atoms with Gasteiger partial charge in [0.25, 0.3) is 0 Å². The van der Waals surface area contributed by atoms with Crippen molar-refractivity contribution in [2.45, 2.75) is 43.0 Å². The Hall–Kier alpha value is -3.48. The van der Waals surface area contributed by atoms with Gasteiger partial charge in [-0.2, -0.15) is 9.57 Å². The number of rotatable bonds is 6. The summed E-state index contributed by atoms with van der Waals surface area (Å²) < 4.78 is 28.4. The van der Waals surface area contributed by atoms with Crippen LogP contribution in [0.3, 0.4) is 0 Å². The fourth-order valence-corrected chi connectivity index (χ4v) is 6.79. The maximum absolute atomic E-state index is 13.6. The summed E-state index contributed by atoms with van der Waals surface area (Å²) in [6.45, 7) is 2.06. The average molecular weight is 493 g/mol. The first-order valence-electron chi connectivity index (χ1n) is 11.6. The lowest BCUT2D eigenvalue weighted by atomic mass is 9.72. The molecule has 2 aliphatic rings. The molecule has 35 heavy (non-hydrogen) atoms. The van der Waals surface area contributed by atoms with Gasteiger partial charge in [-0.1, -0.05) is 35.9 Å². The summed E-state index contributed by atoms with van der Waals surface area (Å²) in [5, 5.41) is 11.6. The van der Waals surface area contributed by atoms with Crippen molar-refractivity contribution in [3.8, 4) is 6.07 Å². The molecule has 182 valence electrons. The molecule has 8 nitrogen and oxygen atoms in total. The summed E-state index contributed by atoms with van der Waals surface area (Å²) in [6.07, 6.45) is 5.27. The molecule has 1 saturated heterocycles. The zero-order valence-corrected chi connectivity index (χ0v) is 20.3. The smallest absolute Gasteiger partial charge is 0.243 e. The quantitative estimate of drug-likeness (QED) is 0.597. The number of carbonyl (C=O) groups is 2. The molecule has 1 aliphatic carbocycles. The number of nitrogens with one attached hydrogen (secondary N) is 1. The molecule has 4 rings (SSSR count). The molecule has 1 unspecified atom stereocenters. The summed E-state index contributed by atoms with van der Waals surface area (Å²) in [5.74, 6) is -2.66. The highest BCUT2D eigenvalue weighted by molar-refractivity contribution is 7.89. The zero-order valence-electron chi connectivity index (χ0n) is 19.5. The van der Waals surface area contributed by atoms with Gasteiger partial charge in [0.2, 0.25) is 21.8 Å². The molecule has 1 fully saturated rings. The number of primary amides is 1. The lowest BCUT2D eigenvalue weighted by Crippen LogP contribution is -2.62. The highest BCUT2D eigenvalue weighted by atomic mass is 32.2. The van der Waals surface area contributed by atoms with Crippen LogP contribution in [0.25, 0.3) is 6.08 Å². The molecule has 2 amide bonds. The largest absolute Gasteiger partial charge is 0.369 e. The van der Waals surface area contributed by atoms with Gasteiger partial charge in [0.15, 0.2) is 0 Å². The van der Waals surface area contributed by atoms with Crippen LogP contribution in [0.5, 0.6) is 0 Å². The number of benzene rings is 2. The number of carbonyl (C=O) groups excluding carboxylic acids is 2. The van der Waals surface area contributed by atoms with Gasteiger partial charge in [-0.3, -0.25) is 9.59 Å². The molecule has 2 aromatic rings. The fraction of sp³-hybridized carbons (Fsp3) is 0.346. The number of amides is 2. The van der Waals surface area contributed by atoms with E-state index in [0.717, 1.165) is 39.4 Å². The molecule has 9 heteroatoms. The van der Waals surface area contributed by atoms with Crippen molar-refractivity contribution in [3.63, 3.8) is 0 Å². The van der Waals surface area contributed by atoms with E-state index in [1.807, 2.05) is 31.2 Å². The molecular formula is C26H28N4O4S. The van der Waals surface area contributed by atoms with Crippen molar-refractivity contribution in [1.82, 2.24) is 9.62 Å². The number of aryl methyl sites for hydroxylation is 2. The van der Waals surface area contributed by atoms with Crippen molar-refractivity contribution in [2.75, 3.05) is 13.1 Å². The number of piperazine rings is 1. The van der Waals surface area contributed by atoms with Gasteiger partial charge in [-0.05, 0) is 67.0 Å². The highest BCUT2D eigenvalue weighted by Crippen LogP contribution is 2.41. The minimum Gasteiger partial charge on any atom is -0.369 e. The van der Waals surface area contributed by atoms with E-state index in [1.165, 1.54) is 18.2 Å². The van der Waals surface area contributed by atoms with E-state index >= 15 is 0 Å². The molecule has 0 bridgehead atoms.